The lowest BCUT2D eigenvalue weighted by Gasteiger charge is -2.28. The number of hydrogen-bond acceptors (Lipinski definition) is 2. The van der Waals surface area contributed by atoms with Crippen LogP contribution >= 0.6 is 0 Å². The molecule has 2 heteroatoms. The van der Waals surface area contributed by atoms with Gasteiger partial charge in [0.2, 0.25) is 0 Å². The highest BCUT2D eigenvalue weighted by Crippen LogP contribution is 2.55. The van der Waals surface area contributed by atoms with Crippen molar-refractivity contribution in [3.05, 3.63) is 419 Å². The molecule has 136 heavy (non-hydrogen) atoms. The van der Waals surface area contributed by atoms with Crippen molar-refractivity contribution < 1.29 is 0 Å². The molecule has 0 bridgehead atoms. The molecular weight excluding hydrogens is 1640 g/mol. The van der Waals surface area contributed by atoms with Crippen LogP contribution in [-0.4, -0.2) is 0 Å². The van der Waals surface area contributed by atoms with Gasteiger partial charge in [-0.15, -0.1) is 0 Å². The fourth-order valence-corrected chi connectivity index (χ4v) is 20.0. The topological polar surface area (TPSA) is 6.48 Å². The van der Waals surface area contributed by atoms with E-state index in [1.807, 2.05) is 0 Å². The van der Waals surface area contributed by atoms with Gasteiger partial charge in [-0.2, -0.15) is 0 Å². The first-order valence-electron chi connectivity index (χ1n) is 49.5. The number of rotatable bonds is 14. The second kappa shape index (κ2) is 35.4. The molecule has 0 atom stereocenters. The predicted octanol–water partition coefficient (Wildman–Crippen LogP) is 38.6. The zero-order chi connectivity index (χ0) is 97.1. The fourth-order valence-electron chi connectivity index (χ4n) is 20.0. The van der Waals surface area contributed by atoms with Crippen LogP contribution < -0.4 is 9.80 Å². The third kappa shape index (κ3) is 19.5. The maximum absolute atomic E-state index is 2.44. The van der Waals surface area contributed by atoms with E-state index in [1.165, 1.54) is 178 Å². The van der Waals surface area contributed by atoms with Crippen LogP contribution in [0.1, 0.15) is 261 Å². The molecule has 18 rings (SSSR count). The number of nitrogens with zero attached hydrogens (tertiary/aromatic N) is 2. The summed E-state index contributed by atoms with van der Waals surface area (Å²) in [5.74, 6) is 0. The van der Waals surface area contributed by atoms with Crippen molar-refractivity contribution >= 4 is 34.1 Å². The first kappa shape index (κ1) is 94.9. The quantitative estimate of drug-likeness (QED) is 0.107. The lowest BCUT2D eigenvalue weighted by Crippen LogP contribution is -2.16. The molecule has 0 radical (unpaired) electrons. The molecule has 0 saturated heterocycles. The summed E-state index contributed by atoms with van der Waals surface area (Å²) in [6.07, 6.45) is 0. The van der Waals surface area contributed by atoms with E-state index in [9.17, 15) is 0 Å². The van der Waals surface area contributed by atoms with Crippen molar-refractivity contribution in [3.63, 3.8) is 0 Å². The van der Waals surface area contributed by atoms with Gasteiger partial charge < -0.3 is 9.80 Å². The summed E-state index contributed by atoms with van der Waals surface area (Å²) in [6.45, 7) is 65.0. The molecule has 2 aliphatic rings. The Morgan fingerprint density at radius 3 is 0.691 bits per heavy atom. The van der Waals surface area contributed by atoms with Crippen LogP contribution in [-0.2, 0) is 54.1 Å². The van der Waals surface area contributed by atoms with Gasteiger partial charge in [-0.25, -0.2) is 0 Å². The zero-order valence-corrected chi connectivity index (χ0v) is 86.4. The Bertz CT molecular complexity index is 7110. The Morgan fingerprint density at radius 1 is 0.140 bits per heavy atom. The highest BCUT2D eigenvalue weighted by atomic mass is 15.1. The number of benzene rings is 16. The first-order chi connectivity index (χ1) is 63.9. The molecular formula is C134H142N2. The van der Waals surface area contributed by atoms with Crippen LogP contribution in [0.25, 0.3) is 111 Å². The second-order valence-electron chi connectivity index (χ2n) is 48.2. The van der Waals surface area contributed by atoms with Crippen molar-refractivity contribution in [1.29, 1.82) is 0 Å². The van der Waals surface area contributed by atoms with Crippen LogP contribution in [0.3, 0.4) is 0 Å². The van der Waals surface area contributed by atoms with E-state index in [2.05, 4.69) is 556 Å². The molecule has 0 N–H and O–H groups in total. The van der Waals surface area contributed by atoms with Crippen LogP contribution in [0.2, 0.25) is 0 Å². The van der Waals surface area contributed by atoms with Crippen molar-refractivity contribution in [2.75, 3.05) is 9.80 Å². The summed E-state index contributed by atoms with van der Waals surface area (Å²) in [6, 6.07) is 134. The van der Waals surface area contributed by atoms with Gasteiger partial charge in [0, 0.05) is 45.0 Å². The second-order valence-corrected chi connectivity index (χ2v) is 48.2. The maximum Gasteiger partial charge on any atom is 0.0467 e. The fraction of sp³-hybridized carbons (Fsp3) is 0.284. The van der Waals surface area contributed by atoms with E-state index in [-0.39, 0.29) is 54.1 Å². The molecule has 0 saturated carbocycles. The van der Waals surface area contributed by atoms with Crippen molar-refractivity contribution in [3.8, 4) is 111 Å². The summed E-state index contributed by atoms with van der Waals surface area (Å²) >= 11 is 0. The van der Waals surface area contributed by atoms with E-state index >= 15 is 0 Å². The Hall–Kier alpha value is -12.9. The van der Waals surface area contributed by atoms with E-state index in [0.29, 0.717) is 0 Å². The van der Waals surface area contributed by atoms with Gasteiger partial charge in [-0.1, -0.05) is 449 Å². The number of fused-ring (bicyclic) bond motifs is 6. The highest BCUT2D eigenvalue weighted by Gasteiger charge is 2.39. The van der Waals surface area contributed by atoms with Gasteiger partial charge in [0.25, 0.3) is 0 Å². The molecule has 0 aliphatic heterocycles. The Kier molecular flexibility index (Phi) is 24.7. The van der Waals surface area contributed by atoms with E-state index in [4.69, 9.17) is 0 Å². The highest BCUT2D eigenvalue weighted by molar-refractivity contribution is 5.91. The van der Waals surface area contributed by atoms with Crippen LogP contribution in [0.4, 0.5) is 34.1 Å². The molecule has 0 fully saturated rings. The summed E-state index contributed by atoms with van der Waals surface area (Å²) in [7, 11) is 0. The average molecular weight is 1780 g/mol. The lowest BCUT2D eigenvalue weighted by molar-refractivity contribution is 0.568. The van der Waals surface area contributed by atoms with Gasteiger partial charge in [0.05, 0.1) is 0 Å². The van der Waals surface area contributed by atoms with Gasteiger partial charge in [-0.3, -0.25) is 0 Å². The van der Waals surface area contributed by atoms with E-state index in [1.54, 1.807) is 0 Å². The lowest BCUT2D eigenvalue weighted by atomic mass is 9.78. The van der Waals surface area contributed by atoms with Gasteiger partial charge in [-0.05, 0) is 318 Å². The smallest absolute Gasteiger partial charge is 0.0467 e. The predicted molar refractivity (Wildman–Crippen MR) is 590 cm³/mol. The standard InChI is InChI=1S/2C67H71N/c1-63(2,3)52-24-18-22-47(36-52)44-28-30-56(31-29-44)68(58-32-33-60-59-26-15-16-27-61(59)67(13,14)62(60)43-58)57-25-19-23-48(41-57)45-20-17-21-46(34-45)49-35-50(38-53(37-49)64(4,5)6)51-39-54(65(7,8)9)42-55(40-51)66(10,11)12;1-63(2,3)52-29-25-44(26-30-52)45-27-31-56(32-28-45)68(58-33-34-60-59-23-15-16-24-61(59)67(13,14)62(60)43-58)57-22-18-21-48(41-57)46-19-17-20-47(35-46)49-36-50(38-53(37-49)64(4,5)6)51-39-54(65(7,8)9)42-55(40-51)66(10,11)12/h2*15-43H,1-14H3. The molecule has 16 aromatic rings. The average Bonchev–Trinajstić information content (AvgIpc) is 1.58. The van der Waals surface area contributed by atoms with E-state index < -0.39 is 0 Å². The normalized spacial score (nSPS) is 13.6. The Labute approximate surface area is 816 Å². The molecule has 0 amide bonds. The van der Waals surface area contributed by atoms with Crippen LogP contribution in [0.15, 0.2) is 352 Å². The van der Waals surface area contributed by atoms with Gasteiger partial charge in [0.1, 0.15) is 0 Å². The molecule has 0 aromatic heterocycles. The first-order valence-corrected chi connectivity index (χ1v) is 49.5. The van der Waals surface area contributed by atoms with Gasteiger partial charge >= 0.3 is 0 Å². The maximum atomic E-state index is 2.44. The van der Waals surface area contributed by atoms with Crippen molar-refractivity contribution in [2.24, 2.45) is 0 Å². The summed E-state index contributed by atoms with van der Waals surface area (Å²) < 4.78 is 0. The van der Waals surface area contributed by atoms with Crippen molar-refractivity contribution in [2.45, 2.75) is 248 Å². The molecule has 2 aliphatic carbocycles. The molecule has 16 aromatic carbocycles. The summed E-state index contributed by atoms with van der Waals surface area (Å²) in [5, 5.41) is 0. The minimum Gasteiger partial charge on any atom is -0.310 e. The van der Waals surface area contributed by atoms with Crippen LogP contribution in [0.5, 0.6) is 0 Å². The third-order valence-corrected chi connectivity index (χ3v) is 28.9. The molecule has 2 nitrogen and oxygen atoms in total. The summed E-state index contributed by atoms with van der Waals surface area (Å²) in [4.78, 5) is 4.88. The largest absolute Gasteiger partial charge is 0.310 e. The van der Waals surface area contributed by atoms with E-state index in [0.717, 1.165) is 34.1 Å². The number of anilines is 6. The minimum atomic E-state index is -0.119. The Balaban J connectivity index is 0.000000189. The number of hydrogen-bond donors (Lipinski definition) is 0. The third-order valence-electron chi connectivity index (χ3n) is 28.9. The molecule has 0 spiro atoms. The van der Waals surface area contributed by atoms with Gasteiger partial charge in [0.15, 0.2) is 0 Å². The molecule has 0 unspecified atom stereocenters. The molecule has 688 valence electrons. The zero-order valence-electron chi connectivity index (χ0n) is 86.4. The van der Waals surface area contributed by atoms with Crippen LogP contribution in [0, 0.1) is 0 Å². The SMILES string of the molecule is CC(C)(C)c1ccc(-c2ccc(N(c3cccc(-c4cccc(-c5cc(-c6cc(C(C)(C)C)cc(C(C)(C)C)c6)cc(C(C)(C)C)c5)c4)c3)c3ccc4c(c3)C(C)(C)c3ccccc3-4)cc2)cc1.CC(C)(C)c1cccc(-c2ccc(N(c3cccc(-c4cccc(-c5cc(-c6cc(C(C)(C)C)cc(C(C)(C)C)c6)cc(C(C)(C)C)c5)c4)c3)c3ccc4c(c3)C(C)(C)c3ccccc3-4)cc2)c1. The summed E-state index contributed by atoms with van der Waals surface area (Å²) in [5.41, 5.74) is 48.1. The minimum absolute atomic E-state index is 0.0285. The monoisotopic (exact) mass is 1780 g/mol. The molecule has 0 heterocycles. The van der Waals surface area contributed by atoms with Crippen molar-refractivity contribution in [1.82, 2.24) is 0 Å². The Morgan fingerprint density at radius 2 is 0.360 bits per heavy atom.